The number of amides is 1. The predicted molar refractivity (Wildman–Crippen MR) is 66.9 cm³/mol. The minimum absolute atomic E-state index is 0.0385. The zero-order valence-corrected chi connectivity index (χ0v) is 10.5. The van der Waals surface area contributed by atoms with Crippen molar-refractivity contribution < 1.29 is 14.3 Å². The topological polar surface area (TPSA) is 49.3 Å². The Hall–Kier alpha value is -1.42. The van der Waals surface area contributed by atoms with Crippen LogP contribution in [0.2, 0.25) is 0 Å². The van der Waals surface area contributed by atoms with E-state index in [1.807, 2.05) is 0 Å². The molecule has 1 fully saturated rings. The first-order valence-electron chi connectivity index (χ1n) is 6.27. The van der Waals surface area contributed by atoms with Crippen LogP contribution in [0.25, 0.3) is 0 Å². The second-order valence-corrected chi connectivity index (χ2v) is 5.10. The maximum atomic E-state index is 13.5. The smallest absolute Gasteiger partial charge is 0.254 e. The summed E-state index contributed by atoms with van der Waals surface area (Å²) in [5, 5.41) is 12.7. The molecule has 3 nitrogen and oxygen atoms in total. The van der Waals surface area contributed by atoms with Crippen molar-refractivity contribution in [2.45, 2.75) is 38.2 Å². The van der Waals surface area contributed by atoms with Gasteiger partial charge in [-0.05, 0) is 31.9 Å². The molecule has 0 bridgehead atoms. The lowest BCUT2D eigenvalue weighted by molar-refractivity contribution is 0.0448. The highest BCUT2D eigenvalue weighted by Crippen LogP contribution is 2.28. The van der Waals surface area contributed by atoms with Gasteiger partial charge in [-0.25, -0.2) is 4.39 Å². The first-order valence-corrected chi connectivity index (χ1v) is 6.27. The largest absolute Gasteiger partial charge is 0.388 e. The minimum atomic E-state index is -0.810. The van der Waals surface area contributed by atoms with Gasteiger partial charge in [-0.3, -0.25) is 4.79 Å². The summed E-state index contributed by atoms with van der Waals surface area (Å²) in [6.07, 6.45) is 3.35. The molecule has 0 saturated heterocycles. The van der Waals surface area contributed by atoms with Crippen LogP contribution in [0.4, 0.5) is 4.39 Å². The molecule has 0 heterocycles. The van der Waals surface area contributed by atoms with Gasteiger partial charge < -0.3 is 10.4 Å². The Labute approximate surface area is 106 Å². The molecule has 98 valence electrons. The molecule has 2 rings (SSSR count). The van der Waals surface area contributed by atoms with Gasteiger partial charge in [-0.15, -0.1) is 0 Å². The van der Waals surface area contributed by atoms with E-state index in [2.05, 4.69) is 5.32 Å². The third-order valence-corrected chi connectivity index (χ3v) is 3.48. The van der Waals surface area contributed by atoms with Crippen molar-refractivity contribution in [2.75, 3.05) is 6.54 Å². The maximum Gasteiger partial charge on any atom is 0.254 e. The monoisotopic (exact) mass is 251 g/mol. The standard InChI is InChI=1S/C14H18FNO2/c1-10-4-5-12(15)11(8-10)13(17)16-9-14(18)6-2-3-7-14/h4-5,8,18H,2-3,6-7,9H2,1H3,(H,16,17). The second-order valence-electron chi connectivity index (χ2n) is 5.10. The fourth-order valence-corrected chi connectivity index (χ4v) is 2.36. The third kappa shape index (κ3) is 2.88. The highest BCUT2D eigenvalue weighted by atomic mass is 19.1. The molecule has 1 aromatic carbocycles. The summed E-state index contributed by atoms with van der Waals surface area (Å²) in [5.74, 6) is -0.993. The molecule has 1 aliphatic rings. The van der Waals surface area contributed by atoms with E-state index in [4.69, 9.17) is 0 Å². The molecule has 0 unspecified atom stereocenters. The first kappa shape index (κ1) is 13.0. The first-order chi connectivity index (χ1) is 8.50. The Bertz CT molecular complexity index is 453. The Balaban J connectivity index is 2.01. The zero-order valence-electron chi connectivity index (χ0n) is 10.5. The van der Waals surface area contributed by atoms with Gasteiger partial charge in [0.1, 0.15) is 5.82 Å². The normalized spacial score (nSPS) is 17.7. The zero-order chi connectivity index (χ0) is 13.2. The summed E-state index contributed by atoms with van der Waals surface area (Å²) < 4.78 is 13.5. The van der Waals surface area contributed by atoms with E-state index in [9.17, 15) is 14.3 Å². The van der Waals surface area contributed by atoms with Crippen LogP contribution in [0.1, 0.15) is 41.6 Å². The van der Waals surface area contributed by atoms with E-state index >= 15 is 0 Å². The molecule has 1 saturated carbocycles. The molecular weight excluding hydrogens is 233 g/mol. The highest BCUT2D eigenvalue weighted by Gasteiger charge is 2.31. The molecule has 4 heteroatoms. The van der Waals surface area contributed by atoms with E-state index in [1.165, 1.54) is 12.1 Å². The number of halogens is 1. The van der Waals surface area contributed by atoms with Crippen LogP contribution in [0.5, 0.6) is 0 Å². The van der Waals surface area contributed by atoms with Crippen LogP contribution < -0.4 is 5.32 Å². The number of aliphatic hydroxyl groups is 1. The van der Waals surface area contributed by atoms with E-state index in [0.717, 1.165) is 18.4 Å². The number of benzene rings is 1. The molecule has 18 heavy (non-hydrogen) atoms. The van der Waals surface area contributed by atoms with E-state index in [0.29, 0.717) is 12.8 Å². The van der Waals surface area contributed by atoms with Gasteiger partial charge in [0.2, 0.25) is 0 Å². The molecular formula is C14H18FNO2. The number of hydrogen-bond acceptors (Lipinski definition) is 2. The Morgan fingerprint density at radius 2 is 2.11 bits per heavy atom. The molecule has 1 aliphatic carbocycles. The summed E-state index contributed by atoms with van der Waals surface area (Å²) >= 11 is 0. The van der Waals surface area contributed by atoms with Crippen molar-refractivity contribution in [3.63, 3.8) is 0 Å². The summed E-state index contributed by atoms with van der Waals surface area (Å²) in [7, 11) is 0. The Kier molecular flexibility index (Phi) is 3.66. The lowest BCUT2D eigenvalue weighted by atomic mass is 10.0. The fourth-order valence-electron chi connectivity index (χ4n) is 2.36. The molecule has 0 aliphatic heterocycles. The highest BCUT2D eigenvalue weighted by molar-refractivity contribution is 5.94. The summed E-state index contributed by atoms with van der Waals surface area (Å²) in [4.78, 5) is 11.9. The lowest BCUT2D eigenvalue weighted by Gasteiger charge is -2.22. The van der Waals surface area contributed by atoms with Crippen molar-refractivity contribution in [3.05, 3.63) is 35.1 Å². The van der Waals surface area contributed by atoms with Gasteiger partial charge in [0.25, 0.3) is 5.91 Å². The Morgan fingerprint density at radius 3 is 2.78 bits per heavy atom. The quantitative estimate of drug-likeness (QED) is 0.865. The van der Waals surface area contributed by atoms with Gasteiger partial charge >= 0.3 is 0 Å². The number of carbonyl (C=O) groups excluding carboxylic acids is 1. The fraction of sp³-hybridized carbons (Fsp3) is 0.500. The van der Waals surface area contributed by atoms with Gasteiger partial charge in [0.05, 0.1) is 11.2 Å². The minimum Gasteiger partial charge on any atom is -0.388 e. The van der Waals surface area contributed by atoms with Crippen LogP contribution in [0.15, 0.2) is 18.2 Å². The lowest BCUT2D eigenvalue weighted by Crippen LogP contribution is -2.41. The Morgan fingerprint density at radius 1 is 1.44 bits per heavy atom. The van der Waals surface area contributed by atoms with Crippen LogP contribution >= 0.6 is 0 Å². The second kappa shape index (κ2) is 5.06. The van der Waals surface area contributed by atoms with E-state index in [-0.39, 0.29) is 12.1 Å². The SMILES string of the molecule is Cc1ccc(F)c(C(=O)NCC2(O)CCCC2)c1. The number of aryl methyl sites for hydroxylation is 1. The molecule has 0 radical (unpaired) electrons. The van der Waals surface area contributed by atoms with Gasteiger partial charge in [-0.1, -0.05) is 24.5 Å². The number of rotatable bonds is 3. The summed E-state index contributed by atoms with van der Waals surface area (Å²) in [6.45, 7) is 2.00. The summed E-state index contributed by atoms with van der Waals surface area (Å²) in [5.41, 5.74) is 0.0633. The molecule has 1 amide bonds. The number of hydrogen-bond donors (Lipinski definition) is 2. The molecule has 0 aromatic heterocycles. The van der Waals surface area contributed by atoms with Crippen LogP contribution in [0.3, 0.4) is 0 Å². The van der Waals surface area contributed by atoms with Crippen LogP contribution in [-0.4, -0.2) is 23.2 Å². The van der Waals surface area contributed by atoms with Crippen molar-refractivity contribution in [2.24, 2.45) is 0 Å². The van der Waals surface area contributed by atoms with E-state index in [1.54, 1.807) is 13.0 Å². The molecule has 1 aromatic rings. The molecule has 0 spiro atoms. The van der Waals surface area contributed by atoms with Crippen molar-refractivity contribution >= 4 is 5.91 Å². The molecule has 2 N–H and O–H groups in total. The average molecular weight is 251 g/mol. The van der Waals surface area contributed by atoms with Gasteiger partial charge in [0.15, 0.2) is 0 Å². The predicted octanol–water partition coefficient (Wildman–Crippen LogP) is 2.17. The number of carbonyl (C=O) groups is 1. The van der Waals surface area contributed by atoms with Gasteiger partial charge in [0, 0.05) is 6.54 Å². The maximum absolute atomic E-state index is 13.5. The van der Waals surface area contributed by atoms with Crippen molar-refractivity contribution in [3.8, 4) is 0 Å². The number of nitrogens with one attached hydrogen (secondary N) is 1. The van der Waals surface area contributed by atoms with Crippen molar-refractivity contribution in [1.29, 1.82) is 0 Å². The summed E-state index contributed by atoms with van der Waals surface area (Å²) in [6, 6.07) is 4.43. The average Bonchev–Trinajstić information content (AvgIpc) is 2.77. The molecule has 0 atom stereocenters. The third-order valence-electron chi connectivity index (χ3n) is 3.48. The van der Waals surface area contributed by atoms with Crippen LogP contribution in [-0.2, 0) is 0 Å². The van der Waals surface area contributed by atoms with Crippen LogP contribution in [0, 0.1) is 12.7 Å². The van der Waals surface area contributed by atoms with E-state index < -0.39 is 17.3 Å². The van der Waals surface area contributed by atoms with Gasteiger partial charge in [-0.2, -0.15) is 0 Å². The van der Waals surface area contributed by atoms with Crippen molar-refractivity contribution in [1.82, 2.24) is 5.32 Å².